The molecule has 6 heteroatoms. The van der Waals surface area contributed by atoms with Crippen LogP contribution in [0.5, 0.6) is 0 Å². The van der Waals surface area contributed by atoms with Gasteiger partial charge in [0.2, 0.25) is 0 Å². The smallest absolute Gasteiger partial charge is 0.337 e. The van der Waals surface area contributed by atoms with Crippen LogP contribution in [0.4, 0.5) is 8.78 Å². The molecular weight excluding hydrogens is 274 g/mol. The van der Waals surface area contributed by atoms with Crippen molar-refractivity contribution >= 4 is 21.9 Å². The van der Waals surface area contributed by atoms with Gasteiger partial charge in [0, 0.05) is 10.0 Å². The maximum absolute atomic E-state index is 12.3. The summed E-state index contributed by atoms with van der Waals surface area (Å²) in [6.07, 6.45) is -4.34. The van der Waals surface area contributed by atoms with Gasteiger partial charge in [0.25, 0.3) is 6.43 Å². The molecule has 0 bridgehead atoms. The van der Waals surface area contributed by atoms with Crippen LogP contribution in [-0.4, -0.2) is 16.2 Å². The largest absolute Gasteiger partial charge is 0.479 e. The molecule has 3 nitrogen and oxygen atoms in total. The van der Waals surface area contributed by atoms with E-state index in [9.17, 15) is 13.6 Å². The van der Waals surface area contributed by atoms with E-state index in [1.807, 2.05) is 0 Å². The molecule has 0 spiro atoms. The van der Waals surface area contributed by atoms with E-state index in [0.29, 0.717) is 0 Å². The molecule has 0 amide bonds. The topological polar surface area (TPSA) is 57.5 Å². The Morgan fingerprint density at radius 1 is 1.40 bits per heavy atom. The number of aliphatic hydroxyl groups excluding tert-OH is 1. The first-order valence-corrected chi connectivity index (χ1v) is 4.71. The first-order valence-electron chi connectivity index (χ1n) is 3.92. The van der Waals surface area contributed by atoms with Gasteiger partial charge < -0.3 is 10.2 Å². The molecule has 1 atom stereocenters. The Balaban J connectivity index is 3.06. The zero-order valence-corrected chi connectivity index (χ0v) is 8.91. The Labute approximate surface area is 92.5 Å². The fourth-order valence-corrected chi connectivity index (χ4v) is 1.60. The van der Waals surface area contributed by atoms with Crippen molar-refractivity contribution < 1.29 is 23.8 Å². The van der Waals surface area contributed by atoms with Crippen molar-refractivity contribution in [3.05, 3.63) is 33.8 Å². The predicted molar refractivity (Wildman–Crippen MR) is 51.7 cm³/mol. The molecule has 0 heterocycles. The van der Waals surface area contributed by atoms with Crippen LogP contribution in [0.3, 0.4) is 0 Å². The molecule has 2 N–H and O–H groups in total. The fraction of sp³-hybridized carbons (Fsp3) is 0.222. The first-order chi connectivity index (χ1) is 6.93. The first kappa shape index (κ1) is 12.1. The van der Waals surface area contributed by atoms with Crippen LogP contribution in [0.15, 0.2) is 22.7 Å². The number of carboxylic acid groups (broad SMARTS) is 1. The van der Waals surface area contributed by atoms with E-state index >= 15 is 0 Å². The number of halogens is 3. The minimum Gasteiger partial charge on any atom is -0.479 e. The van der Waals surface area contributed by atoms with Crippen LogP contribution in [0, 0.1) is 0 Å². The molecule has 1 unspecified atom stereocenters. The molecule has 15 heavy (non-hydrogen) atoms. The summed E-state index contributed by atoms with van der Waals surface area (Å²) in [7, 11) is 0. The van der Waals surface area contributed by atoms with E-state index in [2.05, 4.69) is 15.9 Å². The standard InChI is InChI=1S/C9H7BrF2O3/c10-6-3-4(7(13)9(14)15)1-2-5(6)8(11)12/h1-3,7-8,13H,(H,14,15). The monoisotopic (exact) mass is 280 g/mol. The molecule has 0 fully saturated rings. The maximum Gasteiger partial charge on any atom is 0.337 e. The Hall–Kier alpha value is -1.01. The normalized spacial score (nSPS) is 12.9. The lowest BCUT2D eigenvalue weighted by atomic mass is 10.1. The van der Waals surface area contributed by atoms with Gasteiger partial charge in [-0.15, -0.1) is 0 Å². The van der Waals surface area contributed by atoms with E-state index in [0.717, 1.165) is 12.1 Å². The highest BCUT2D eigenvalue weighted by Gasteiger charge is 2.18. The molecule has 0 aliphatic carbocycles. The van der Waals surface area contributed by atoms with Crippen molar-refractivity contribution in [1.82, 2.24) is 0 Å². The summed E-state index contributed by atoms with van der Waals surface area (Å²) in [6.45, 7) is 0. The van der Waals surface area contributed by atoms with Gasteiger partial charge in [-0.05, 0) is 11.6 Å². The van der Waals surface area contributed by atoms with Crippen molar-refractivity contribution in [2.45, 2.75) is 12.5 Å². The van der Waals surface area contributed by atoms with E-state index < -0.39 is 18.5 Å². The lowest BCUT2D eigenvalue weighted by molar-refractivity contribution is -0.146. The van der Waals surface area contributed by atoms with Gasteiger partial charge in [-0.25, -0.2) is 13.6 Å². The minimum absolute atomic E-state index is 0.0544. The molecule has 82 valence electrons. The minimum atomic E-state index is -2.64. The second kappa shape index (κ2) is 4.67. The summed E-state index contributed by atoms with van der Waals surface area (Å²) in [5.41, 5.74) is -0.185. The number of carboxylic acids is 1. The van der Waals surface area contributed by atoms with Gasteiger partial charge in [-0.1, -0.05) is 28.1 Å². The molecule has 0 aromatic heterocycles. The summed E-state index contributed by atoms with van der Waals surface area (Å²) in [6, 6.07) is 3.40. The van der Waals surface area contributed by atoms with Crippen LogP contribution < -0.4 is 0 Å². The van der Waals surface area contributed by atoms with Crippen molar-refractivity contribution in [3.8, 4) is 0 Å². The molecule has 1 aromatic carbocycles. The van der Waals surface area contributed by atoms with Gasteiger partial charge in [0.15, 0.2) is 6.10 Å². The number of carbonyl (C=O) groups is 1. The molecule has 0 aliphatic rings. The Morgan fingerprint density at radius 2 is 2.00 bits per heavy atom. The van der Waals surface area contributed by atoms with Gasteiger partial charge in [-0.2, -0.15) is 0 Å². The van der Waals surface area contributed by atoms with Gasteiger partial charge in [0.1, 0.15) is 0 Å². The summed E-state index contributed by atoms with van der Waals surface area (Å²) in [4.78, 5) is 10.4. The van der Waals surface area contributed by atoms with Crippen LogP contribution in [0.2, 0.25) is 0 Å². The summed E-state index contributed by atoms with van der Waals surface area (Å²) in [5, 5.41) is 17.6. The Morgan fingerprint density at radius 3 is 2.40 bits per heavy atom. The van der Waals surface area contributed by atoms with E-state index in [-0.39, 0.29) is 15.6 Å². The molecule has 0 saturated heterocycles. The average Bonchev–Trinajstić information content (AvgIpc) is 2.15. The maximum atomic E-state index is 12.3. The van der Waals surface area contributed by atoms with Crippen LogP contribution in [0.1, 0.15) is 23.7 Å². The van der Waals surface area contributed by atoms with Crippen LogP contribution in [-0.2, 0) is 4.79 Å². The Bertz CT molecular complexity index is 382. The van der Waals surface area contributed by atoms with Crippen LogP contribution >= 0.6 is 15.9 Å². The highest BCUT2D eigenvalue weighted by molar-refractivity contribution is 9.10. The summed E-state index contributed by atoms with van der Waals surface area (Å²) in [5.74, 6) is -1.42. The van der Waals surface area contributed by atoms with Crippen molar-refractivity contribution in [3.63, 3.8) is 0 Å². The third kappa shape index (κ3) is 2.73. The van der Waals surface area contributed by atoms with E-state index in [1.54, 1.807) is 0 Å². The molecular formula is C9H7BrF2O3. The highest BCUT2D eigenvalue weighted by atomic mass is 79.9. The number of aliphatic hydroxyl groups is 1. The highest BCUT2D eigenvalue weighted by Crippen LogP contribution is 2.29. The third-order valence-corrected chi connectivity index (χ3v) is 2.50. The number of hydrogen-bond donors (Lipinski definition) is 2. The van der Waals surface area contributed by atoms with Gasteiger partial charge >= 0.3 is 5.97 Å². The number of rotatable bonds is 3. The second-order valence-corrected chi connectivity index (χ2v) is 3.68. The Kier molecular flexibility index (Phi) is 3.76. The van der Waals surface area contributed by atoms with E-state index in [4.69, 9.17) is 10.2 Å². The number of benzene rings is 1. The summed E-state index contributed by atoms with van der Waals surface area (Å²) < 4.78 is 24.7. The second-order valence-electron chi connectivity index (χ2n) is 2.82. The SMILES string of the molecule is O=C(O)C(O)c1ccc(C(F)F)c(Br)c1. The molecule has 1 aromatic rings. The quantitative estimate of drug-likeness (QED) is 0.895. The average molecular weight is 281 g/mol. The van der Waals surface area contributed by atoms with Crippen molar-refractivity contribution in [2.75, 3.05) is 0 Å². The van der Waals surface area contributed by atoms with Crippen LogP contribution in [0.25, 0.3) is 0 Å². The van der Waals surface area contributed by atoms with E-state index in [1.165, 1.54) is 6.07 Å². The number of aliphatic carboxylic acids is 1. The van der Waals surface area contributed by atoms with Crippen molar-refractivity contribution in [1.29, 1.82) is 0 Å². The third-order valence-electron chi connectivity index (χ3n) is 1.81. The molecule has 0 saturated carbocycles. The summed E-state index contributed by atoms with van der Waals surface area (Å²) >= 11 is 2.88. The lowest BCUT2D eigenvalue weighted by Crippen LogP contribution is -2.10. The molecule has 0 aliphatic heterocycles. The number of alkyl halides is 2. The number of hydrogen-bond acceptors (Lipinski definition) is 2. The zero-order chi connectivity index (χ0) is 11.6. The molecule has 0 radical (unpaired) electrons. The predicted octanol–water partition coefficient (Wildman–Crippen LogP) is 2.50. The fourth-order valence-electron chi connectivity index (χ4n) is 1.03. The van der Waals surface area contributed by atoms with Crippen molar-refractivity contribution in [2.24, 2.45) is 0 Å². The molecule has 1 rings (SSSR count). The van der Waals surface area contributed by atoms with Gasteiger partial charge in [0.05, 0.1) is 0 Å². The van der Waals surface area contributed by atoms with Gasteiger partial charge in [-0.3, -0.25) is 0 Å². The zero-order valence-electron chi connectivity index (χ0n) is 7.32. The lowest BCUT2D eigenvalue weighted by Gasteiger charge is -2.08.